The monoisotopic (exact) mass is 322 g/mol. The first-order chi connectivity index (χ1) is 10.3. The second-order valence-corrected chi connectivity index (χ2v) is 7.05. The summed E-state index contributed by atoms with van der Waals surface area (Å²) in [4.78, 5) is 16.3. The average molecular weight is 322 g/mol. The van der Waals surface area contributed by atoms with Gasteiger partial charge in [0, 0.05) is 6.26 Å². The van der Waals surface area contributed by atoms with Crippen molar-refractivity contribution in [2.24, 2.45) is 0 Å². The summed E-state index contributed by atoms with van der Waals surface area (Å²) in [7, 11) is -3.23. The molecule has 1 aromatic heterocycles. The lowest BCUT2D eigenvalue weighted by Gasteiger charge is -2.17. The number of amides is 1. The van der Waals surface area contributed by atoms with Gasteiger partial charge in [0.15, 0.2) is 21.9 Å². The van der Waals surface area contributed by atoms with Crippen molar-refractivity contribution in [1.29, 1.82) is 0 Å². The van der Waals surface area contributed by atoms with Crippen LogP contribution in [0.3, 0.4) is 0 Å². The van der Waals surface area contributed by atoms with Gasteiger partial charge in [-0.05, 0) is 31.0 Å². The Morgan fingerprint density at radius 2 is 1.95 bits per heavy atom. The van der Waals surface area contributed by atoms with E-state index in [2.05, 4.69) is 10.3 Å². The number of carbonyl (C=O) groups is 1. The maximum absolute atomic E-state index is 12.2. The molecule has 2 rings (SSSR count). The molecule has 118 valence electrons. The van der Waals surface area contributed by atoms with Crippen LogP contribution in [0, 0.1) is 6.92 Å². The number of benzene rings is 1. The van der Waals surface area contributed by atoms with Gasteiger partial charge in [0.25, 0.3) is 5.91 Å². The molecule has 0 radical (unpaired) electrons. The van der Waals surface area contributed by atoms with E-state index in [4.69, 9.17) is 4.42 Å². The highest BCUT2D eigenvalue weighted by Gasteiger charge is 2.18. The second kappa shape index (κ2) is 6.31. The molecule has 1 atom stereocenters. The number of rotatable bonds is 5. The molecule has 1 aromatic carbocycles. The minimum Gasteiger partial charge on any atom is -0.448 e. The highest BCUT2D eigenvalue weighted by atomic mass is 32.2. The van der Waals surface area contributed by atoms with Crippen LogP contribution in [0.1, 0.15) is 41.2 Å². The summed E-state index contributed by atoms with van der Waals surface area (Å²) in [5, 5.41) is 2.87. The van der Waals surface area contributed by atoms with Crippen molar-refractivity contribution in [2.75, 3.05) is 6.26 Å². The molecule has 1 N–H and O–H groups in total. The molecule has 0 fully saturated rings. The number of nitrogens with one attached hydrogen (secondary N) is 1. The third kappa shape index (κ3) is 3.54. The number of hydrogen-bond acceptors (Lipinski definition) is 5. The molecule has 0 saturated heterocycles. The minimum absolute atomic E-state index is 0.225. The number of aromatic nitrogens is 1. The predicted molar refractivity (Wildman–Crippen MR) is 81.3 cm³/mol. The maximum Gasteiger partial charge on any atom is 0.274 e. The van der Waals surface area contributed by atoms with E-state index in [1.54, 1.807) is 31.2 Å². The van der Waals surface area contributed by atoms with E-state index in [0.29, 0.717) is 12.2 Å². The molecule has 0 unspecified atom stereocenters. The Labute approximate surface area is 129 Å². The van der Waals surface area contributed by atoms with Crippen molar-refractivity contribution in [3.63, 3.8) is 0 Å². The minimum atomic E-state index is -3.23. The Morgan fingerprint density at radius 3 is 2.41 bits per heavy atom. The third-order valence-electron chi connectivity index (χ3n) is 3.38. The highest BCUT2D eigenvalue weighted by Crippen LogP contribution is 2.20. The van der Waals surface area contributed by atoms with Crippen molar-refractivity contribution < 1.29 is 17.6 Å². The average Bonchev–Trinajstić information content (AvgIpc) is 2.90. The molecule has 0 aliphatic carbocycles. The first kappa shape index (κ1) is 16.2. The molecule has 6 nitrogen and oxygen atoms in total. The SMILES string of the molecule is CC[C@@H](NC(=O)c1ncoc1C)c1ccc(S(C)(=O)=O)cc1. The predicted octanol–water partition coefficient (Wildman–Crippen LogP) is 2.27. The van der Waals surface area contributed by atoms with Gasteiger partial charge in [0.2, 0.25) is 0 Å². The van der Waals surface area contributed by atoms with Gasteiger partial charge in [0.1, 0.15) is 5.76 Å². The van der Waals surface area contributed by atoms with Gasteiger partial charge >= 0.3 is 0 Å². The molecular weight excluding hydrogens is 304 g/mol. The van der Waals surface area contributed by atoms with Crippen molar-refractivity contribution in [3.05, 3.63) is 47.7 Å². The van der Waals surface area contributed by atoms with E-state index >= 15 is 0 Å². The molecule has 2 aromatic rings. The summed E-state index contributed by atoms with van der Waals surface area (Å²) in [6.45, 7) is 3.61. The third-order valence-corrected chi connectivity index (χ3v) is 4.51. The Kier molecular flexibility index (Phi) is 4.65. The number of hydrogen-bond donors (Lipinski definition) is 1. The quantitative estimate of drug-likeness (QED) is 0.912. The lowest BCUT2D eigenvalue weighted by molar-refractivity contribution is 0.0929. The zero-order valence-corrected chi connectivity index (χ0v) is 13.5. The van der Waals surface area contributed by atoms with Crippen molar-refractivity contribution in [1.82, 2.24) is 10.3 Å². The van der Waals surface area contributed by atoms with E-state index in [1.807, 2.05) is 6.92 Å². The van der Waals surface area contributed by atoms with Crippen LogP contribution in [0.4, 0.5) is 0 Å². The zero-order valence-electron chi connectivity index (χ0n) is 12.7. The summed E-state index contributed by atoms with van der Waals surface area (Å²) < 4.78 is 28.0. The van der Waals surface area contributed by atoms with Crippen LogP contribution in [0.15, 0.2) is 40.0 Å². The maximum atomic E-state index is 12.2. The Bertz CT molecular complexity index is 763. The van der Waals surface area contributed by atoms with Crippen LogP contribution in [0.2, 0.25) is 0 Å². The molecule has 0 spiro atoms. The van der Waals surface area contributed by atoms with Crippen molar-refractivity contribution in [3.8, 4) is 0 Å². The molecule has 7 heteroatoms. The molecule has 1 heterocycles. The number of oxazole rings is 1. The summed E-state index contributed by atoms with van der Waals surface area (Å²) in [6, 6.07) is 6.28. The normalized spacial score (nSPS) is 12.9. The van der Waals surface area contributed by atoms with Gasteiger partial charge in [-0.1, -0.05) is 19.1 Å². The lowest BCUT2D eigenvalue weighted by atomic mass is 10.0. The van der Waals surface area contributed by atoms with Crippen LogP contribution in [0.25, 0.3) is 0 Å². The fraction of sp³-hybridized carbons (Fsp3) is 0.333. The van der Waals surface area contributed by atoms with E-state index in [0.717, 1.165) is 11.8 Å². The Balaban J connectivity index is 2.18. The van der Waals surface area contributed by atoms with Crippen LogP contribution in [-0.4, -0.2) is 25.6 Å². The summed E-state index contributed by atoms with van der Waals surface area (Å²) in [6.07, 6.45) is 3.06. The van der Waals surface area contributed by atoms with Gasteiger partial charge in [-0.25, -0.2) is 13.4 Å². The molecule has 0 aliphatic heterocycles. The van der Waals surface area contributed by atoms with E-state index in [-0.39, 0.29) is 22.5 Å². The van der Waals surface area contributed by atoms with Crippen LogP contribution < -0.4 is 5.32 Å². The van der Waals surface area contributed by atoms with Crippen LogP contribution in [-0.2, 0) is 9.84 Å². The Morgan fingerprint density at radius 1 is 1.32 bits per heavy atom. The van der Waals surface area contributed by atoms with Gasteiger partial charge < -0.3 is 9.73 Å². The smallest absolute Gasteiger partial charge is 0.274 e. The fourth-order valence-electron chi connectivity index (χ4n) is 2.12. The lowest BCUT2D eigenvalue weighted by Crippen LogP contribution is -2.28. The van der Waals surface area contributed by atoms with E-state index in [1.165, 1.54) is 6.39 Å². The molecule has 0 saturated carbocycles. The van der Waals surface area contributed by atoms with Gasteiger partial charge in [-0.2, -0.15) is 0 Å². The second-order valence-electron chi connectivity index (χ2n) is 5.03. The number of carbonyl (C=O) groups excluding carboxylic acids is 1. The van der Waals surface area contributed by atoms with Crippen LogP contribution in [0.5, 0.6) is 0 Å². The van der Waals surface area contributed by atoms with Crippen molar-refractivity contribution >= 4 is 15.7 Å². The van der Waals surface area contributed by atoms with Crippen LogP contribution >= 0.6 is 0 Å². The first-order valence-electron chi connectivity index (χ1n) is 6.84. The van der Waals surface area contributed by atoms with Gasteiger partial charge in [-0.15, -0.1) is 0 Å². The number of sulfone groups is 1. The highest BCUT2D eigenvalue weighted by molar-refractivity contribution is 7.90. The molecule has 22 heavy (non-hydrogen) atoms. The fourth-order valence-corrected chi connectivity index (χ4v) is 2.75. The van der Waals surface area contributed by atoms with Crippen molar-refractivity contribution in [2.45, 2.75) is 31.2 Å². The number of aryl methyl sites for hydroxylation is 1. The molecule has 1 amide bonds. The van der Waals surface area contributed by atoms with E-state index in [9.17, 15) is 13.2 Å². The standard InChI is InChI=1S/C15H18N2O4S/c1-4-13(17-15(18)14-10(2)21-9-16-14)11-5-7-12(8-6-11)22(3,19)20/h5-9,13H,4H2,1-3H3,(H,17,18)/t13-/m1/s1. The zero-order chi connectivity index (χ0) is 16.3. The first-order valence-corrected chi connectivity index (χ1v) is 8.73. The molecular formula is C15H18N2O4S. The summed E-state index contributed by atoms with van der Waals surface area (Å²) in [5.74, 6) is 0.144. The summed E-state index contributed by atoms with van der Waals surface area (Å²) in [5.41, 5.74) is 1.09. The van der Waals surface area contributed by atoms with Gasteiger partial charge in [0.05, 0.1) is 10.9 Å². The topological polar surface area (TPSA) is 89.3 Å². The Hall–Kier alpha value is -2.15. The van der Waals surface area contributed by atoms with Gasteiger partial charge in [-0.3, -0.25) is 4.79 Å². The largest absolute Gasteiger partial charge is 0.448 e. The molecule has 0 aliphatic rings. The van der Waals surface area contributed by atoms with E-state index < -0.39 is 9.84 Å². The number of nitrogens with zero attached hydrogens (tertiary/aromatic N) is 1. The molecule has 0 bridgehead atoms. The summed E-state index contributed by atoms with van der Waals surface area (Å²) >= 11 is 0.